The molecule has 2 heterocycles. The first-order valence-electron chi connectivity index (χ1n) is 9.57. The Morgan fingerprint density at radius 3 is 2.63 bits per heavy atom. The van der Waals surface area contributed by atoms with Crippen LogP contribution < -0.4 is 5.73 Å². The average molecular weight is 398 g/mol. The van der Waals surface area contributed by atoms with E-state index in [0.29, 0.717) is 11.2 Å². The van der Waals surface area contributed by atoms with Crippen LogP contribution in [-0.4, -0.2) is 9.97 Å². The maximum atomic E-state index is 6.38. The van der Waals surface area contributed by atoms with Crippen LogP contribution in [0.3, 0.4) is 0 Å². The Hall–Kier alpha value is -1.59. The summed E-state index contributed by atoms with van der Waals surface area (Å²) in [5.74, 6) is 2.24. The van der Waals surface area contributed by atoms with Gasteiger partial charge in [0.1, 0.15) is 10.6 Å². The van der Waals surface area contributed by atoms with Crippen LogP contribution in [0.4, 0.5) is 5.82 Å². The van der Waals surface area contributed by atoms with Gasteiger partial charge in [-0.2, -0.15) is 0 Å². The highest BCUT2D eigenvalue weighted by Gasteiger charge is 2.31. The summed E-state index contributed by atoms with van der Waals surface area (Å²) >= 11 is 3.49. The molecule has 0 aliphatic heterocycles. The van der Waals surface area contributed by atoms with E-state index < -0.39 is 0 Å². The van der Waals surface area contributed by atoms with Gasteiger partial charge in [0, 0.05) is 10.6 Å². The van der Waals surface area contributed by atoms with E-state index in [-0.39, 0.29) is 0 Å². The summed E-state index contributed by atoms with van der Waals surface area (Å²) in [6, 6.07) is 8.63. The lowest BCUT2D eigenvalue weighted by atomic mass is 9.72. The molecule has 0 saturated carbocycles. The number of benzene rings is 1. The molecule has 0 spiro atoms. The SMILES string of the molecule is Cc1ccc(CSc2nc(N)c3c4c(sc3n2)C[C@@H](C(C)(C)C)CC4)cc1. The number of nitrogens with two attached hydrogens (primary N) is 1. The van der Waals surface area contributed by atoms with Crippen LogP contribution in [0.1, 0.15) is 48.8 Å². The molecule has 1 atom stereocenters. The number of hydrogen-bond donors (Lipinski definition) is 1. The fraction of sp³-hybridized carbons (Fsp3) is 0.455. The molecule has 27 heavy (non-hydrogen) atoms. The molecule has 0 bridgehead atoms. The summed E-state index contributed by atoms with van der Waals surface area (Å²) in [5, 5.41) is 1.90. The number of aromatic nitrogens is 2. The smallest absolute Gasteiger partial charge is 0.191 e. The first-order chi connectivity index (χ1) is 12.8. The Labute approximate surface area is 169 Å². The molecule has 4 rings (SSSR count). The lowest BCUT2D eigenvalue weighted by Gasteiger charge is -2.33. The van der Waals surface area contributed by atoms with Crippen molar-refractivity contribution in [1.82, 2.24) is 9.97 Å². The van der Waals surface area contributed by atoms with Crippen LogP contribution in [0.5, 0.6) is 0 Å². The number of thioether (sulfide) groups is 1. The Kier molecular flexibility index (Phi) is 4.93. The molecule has 2 N–H and O–H groups in total. The molecular formula is C22H27N3S2. The first-order valence-corrected chi connectivity index (χ1v) is 11.4. The van der Waals surface area contributed by atoms with Crippen LogP contribution >= 0.6 is 23.1 Å². The number of aryl methyl sites for hydroxylation is 2. The Morgan fingerprint density at radius 2 is 1.93 bits per heavy atom. The quantitative estimate of drug-likeness (QED) is 0.433. The third kappa shape index (κ3) is 3.85. The number of thiophene rings is 1. The van der Waals surface area contributed by atoms with E-state index in [1.54, 1.807) is 11.8 Å². The second-order valence-corrected chi connectivity index (χ2v) is 10.7. The van der Waals surface area contributed by atoms with Crippen LogP contribution in [0.25, 0.3) is 10.2 Å². The van der Waals surface area contributed by atoms with Gasteiger partial charge in [-0.3, -0.25) is 0 Å². The summed E-state index contributed by atoms with van der Waals surface area (Å²) in [6.45, 7) is 9.16. The van der Waals surface area contributed by atoms with Crippen molar-refractivity contribution in [3.8, 4) is 0 Å². The fourth-order valence-corrected chi connectivity index (χ4v) is 5.99. The van der Waals surface area contributed by atoms with Gasteiger partial charge < -0.3 is 5.73 Å². The highest BCUT2D eigenvalue weighted by atomic mass is 32.2. The summed E-state index contributed by atoms with van der Waals surface area (Å²) in [4.78, 5) is 12.0. The zero-order valence-corrected chi connectivity index (χ0v) is 18.1. The molecule has 0 unspecified atom stereocenters. The Bertz CT molecular complexity index is 968. The maximum absolute atomic E-state index is 6.38. The van der Waals surface area contributed by atoms with Gasteiger partial charge in [0.15, 0.2) is 5.16 Å². The minimum Gasteiger partial charge on any atom is -0.383 e. The summed E-state index contributed by atoms with van der Waals surface area (Å²) < 4.78 is 0. The number of nitrogen functional groups attached to an aromatic ring is 1. The molecule has 1 aliphatic carbocycles. The van der Waals surface area contributed by atoms with E-state index in [0.717, 1.165) is 39.9 Å². The second-order valence-electron chi connectivity index (χ2n) is 8.66. The lowest BCUT2D eigenvalue weighted by Crippen LogP contribution is -2.26. The topological polar surface area (TPSA) is 51.8 Å². The van der Waals surface area contributed by atoms with Gasteiger partial charge in [-0.05, 0) is 48.6 Å². The fourth-order valence-electron chi connectivity index (χ4n) is 3.82. The molecule has 142 valence electrons. The molecule has 0 saturated heterocycles. The van der Waals surface area contributed by atoms with Gasteiger partial charge in [0.05, 0.1) is 5.39 Å². The highest BCUT2D eigenvalue weighted by Crippen LogP contribution is 2.44. The maximum Gasteiger partial charge on any atom is 0.191 e. The molecule has 1 aromatic carbocycles. The second kappa shape index (κ2) is 7.10. The molecule has 3 nitrogen and oxygen atoms in total. The normalized spacial score (nSPS) is 17.3. The Balaban J connectivity index is 1.60. The molecule has 0 radical (unpaired) electrons. The van der Waals surface area contributed by atoms with Crippen molar-refractivity contribution < 1.29 is 0 Å². The number of nitrogens with zero attached hydrogens (tertiary/aromatic N) is 2. The van der Waals surface area contributed by atoms with Gasteiger partial charge in [0.25, 0.3) is 0 Å². The molecular weight excluding hydrogens is 370 g/mol. The predicted octanol–water partition coefficient (Wildman–Crippen LogP) is 6.03. The number of hydrogen-bond acceptors (Lipinski definition) is 5. The summed E-state index contributed by atoms with van der Waals surface area (Å²) in [5.41, 5.74) is 10.7. The molecule has 3 aromatic rings. The van der Waals surface area contributed by atoms with Crippen LogP contribution in [0.2, 0.25) is 0 Å². The summed E-state index contributed by atoms with van der Waals surface area (Å²) in [7, 11) is 0. The minimum absolute atomic E-state index is 0.347. The van der Waals surface area contributed by atoms with E-state index in [1.807, 2.05) is 11.3 Å². The van der Waals surface area contributed by atoms with Crippen molar-refractivity contribution in [1.29, 1.82) is 0 Å². The van der Waals surface area contributed by atoms with E-state index >= 15 is 0 Å². The van der Waals surface area contributed by atoms with Gasteiger partial charge in [0.2, 0.25) is 0 Å². The number of rotatable bonds is 3. The molecule has 0 fully saturated rings. The standard InChI is InChI=1S/C22H27N3S2/c1-13-5-7-14(8-6-13)12-26-21-24-19(23)18-16-10-9-15(22(2,3)4)11-17(16)27-20(18)25-21/h5-8,15H,9-12H2,1-4H3,(H2,23,24,25)/t15-/m0/s1. The largest absolute Gasteiger partial charge is 0.383 e. The van der Waals surface area contributed by atoms with Gasteiger partial charge >= 0.3 is 0 Å². The van der Waals surface area contributed by atoms with Crippen LogP contribution in [-0.2, 0) is 18.6 Å². The summed E-state index contributed by atoms with van der Waals surface area (Å²) in [6.07, 6.45) is 3.47. The molecule has 5 heteroatoms. The van der Waals surface area contributed by atoms with Crippen molar-refractivity contribution in [2.45, 2.75) is 57.9 Å². The first kappa shape index (κ1) is 18.8. The van der Waals surface area contributed by atoms with E-state index in [2.05, 4.69) is 56.9 Å². The number of fused-ring (bicyclic) bond motifs is 3. The van der Waals surface area contributed by atoms with Crippen LogP contribution in [0.15, 0.2) is 29.4 Å². The highest BCUT2D eigenvalue weighted by molar-refractivity contribution is 7.98. The third-order valence-electron chi connectivity index (χ3n) is 5.63. The van der Waals surface area contributed by atoms with E-state index in [9.17, 15) is 0 Å². The van der Waals surface area contributed by atoms with Gasteiger partial charge in [-0.1, -0.05) is 62.4 Å². The zero-order chi connectivity index (χ0) is 19.2. The minimum atomic E-state index is 0.347. The molecule has 1 aliphatic rings. The molecule has 2 aromatic heterocycles. The monoisotopic (exact) mass is 397 g/mol. The Morgan fingerprint density at radius 1 is 1.19 bits per heavy atom. The predicted molar refractivity (Wildman–Crippen MR) is 118 cm³/mol. The third-order valence-corrected chi connectivity index (χ3v) is 7.70. The number of anilines is 1. The average Bonchev–Trinajstić information content (AvgIpc) is 2.98. The van der Waals surface area contributed by atoms with Crippen molar-refractivity contribution in [3.05, 3.63) is 45.8 Å². The van der Waals surface area contributed by atoms with Gasteiger partial charge in [-0.15, -0.1) is 11.3 Å². The van der Waals surface area contributed by atoms with Gasteiger partial charge in [-0.25, -0.2) is 9.97 Å². The lowest BCUT2D eigenvalue weighted by molar-refractivity contribution is 0.218. The van der Waals surface area contributed by atoms with Crippen molar-refractivity contribution in [2.24, 2.45) is 11.3 Å². The van der Waals surface area contributed by atoms with Crippen molar-refractivity contribution in [3.63, 3.8) is 0 Å². The van der Waals surface area contributed by atoms with E-state index in [1.165, 1.54) is 28.0 Å². The zero-order valence-electron chi connectivity index (χ0n) is 16.5. The van der Waals surface area contributed by atoms with E-state index in [4.69, 9.17) is 10.7 Å². The van der Waals surface area contributed by atoms with Crippen molar-refractivity contribution >= 4 is 39.1 Å². The molecule has 0 amide bonds. The van der Waals surface area contributed by atoms with Crippen molar-refractivity contribution in [2.75, 3.05) is 5.73 Å². The van der Waals surface area contributed by atoms with Crippen LogP contribution in [0, 0.1) is 18.3 Å².